The van der Waals surface area contributed by atoms with E-state index in [4.69, 9.17) is 9.73 Å². The maximum Gasteiger partial charge on any atom is 0.137 e. The van der Waals surface area contributed by atoms with Crippen LogP contribution in [-0.4, -0.2) is 23.9 Å². The van der Waals surface area contributed by atoms with Crippen LogP contribution in [-0.2, 0) is 6.42 Å². The second-order valence-corrected chi connectivity index (χ2v) is 6.37. The van der Waals surface area contributed by atoms with E-state index in [1.165, 1.54) is 11.1 Å². The lowest BCUT2D eigenvalue weighted by molar-refractivity contribution is 0.398. The summed E-state index contributed by atoms with van der Waals surface area (Å²) in [5, 5.41) is 1.10. The Bertz CT molecular complexity index is 483. The van der Waals surface area contributed by atoms with Crippen LogP contribution in [0.1, 0.15) is 25.0 Å². The number of aliphatic imine (C=N–C) groups is 1. The second kappa shape index (κ2) is 4.65. The van der Waals surface area contributed by atoms with Gasteiger partial charge in [0, 0.05) is 17.5 Å². The second-order valence-electron chi connectivity index (χ2n) is 4.72. The molecule has 0 unspecified atom stereocenters. The Hall–Kier alpha value is -0.480. The zero-order valence-electron chi connectivity index (χ0n) is 10.5. The topological polar surface area (TPSA) is 21.6 Å². The van der Waals surface area contributed by atoms with E-state index in [1.807, 2.05) is 6.07 Å². The van der Waals surface area contributed by atoms with Crippen molar-refractivity contribution >= 4 is 32.7 Å². The first kappa shape index (κ1) is 13.0. The average Bonchev–Trinajstić information content (AvgIpc) is 2.26. The van der Waals surface area contributed by atoms with Gasteiger partial charge in [0.2, 0.25) is 0 Å². The van der Waals surface area contributed by atoms with Gasteiger partial charge in [0.15, 0.2) is 0 Å². The van der Waals surface area contributed by atoms with Crippen LogP contribution in [0.3, 0.4) is 0 Å². The number of halogens is 1. The standard InChI is InChI=1S/C13H16BrNOS/c1-13(2)7-9-8(12(15-13)17-4)5-6-10(14)11(9)16-3/h5-6H,7H2,1-4H3. The van der Waals surface area contributed by atoms with Gasteiger partial charge in [0.05, 0.1) is 22.2 Å². The summed E-state index contributed by atoms with van der Waals surface area (Å²) in [7, 11) is 1.72. The Labute approximate surface area is 115 Å². The zero-order chi connectivity index (χ0) is 12.6. The number of nitrogens with zero attached hydrogens (tertiary/aromatic N) is 1. The fourth-order valence-corrected chi connectivity index (χ4v) is 3.44. The van der Waals surface area contributed by atoms with Crippen molar-refractivity contribution < 1.29 is 4.74 Å². The van der Waals surface area contributed by atoms with Gasteiger partial charge in [-0.25, -0.2) is 0 Å². The number of benzene rings is 1. The summed E-state index contributed by atoms with van der Waals surface area (Å²) in [6.45, 7) is 4.32. The van der Waals surface area contributed by atoms with E-state index in [-0.39, 0.29) is 5.54 Å². The van der Waals surface area contributed by atoms with E-state index in [0.717, 1.165) is 21.7 Å². The van der Waals surface area contributed by atoms with E-state index in [2.05, 4.69) is 42.1 Å². The Morgan fingerprint density at radius 3 is 2.71 bits per heavy atom. The predicted molar refractivity (Wildman–Crippen MR) is 78.5 cm³/mol. The van der Waals surface area contributed by atoms with Crippen LogP contribution in [0.15, 0.2) is 21.6 Å². The summed E-state index contributed by atoms with van der Waals surface area (Å²) in [6, 6.07) is 4.15. The number of methoxy groups -OCH3 is 1. The van der Waals surface area contributed by atoms with E-state index < -0.39 is 0 Å². The van der Waals surface area contributed by atoms with E-state index in [1.54, 1.807) is 18.9 Å². The van der Waals surface area contributed by atoms with Crippen LogP contribution >= 0.6 is 27.7 Å². The third-order valence-electron chi connectivity index (χ3n) is 2.85. The molecule has 0 amide bonds. The summed E-state index contributed by atoms with van der Waals surface area (Å²) in [4.78, 5) is 4.79. The maximum absolute atomic E-state index is 5.52. The third-order valence-corrected chi connectivity index (χ3v) is 4.18. The van der Waals surface area contributed by atoms with Crippen molar-refractivity contribution in [1.82, 2.24) is 0 Å². The zero-order valence-corrected chi connectivity index (χ0v) is 12.9. The first-order chi connectivity index (χ1) is 7.98. The van der Waals surface area contributed by atoms with Gasteiger partial charge >= 0.3 is 0 Å². The largest absolute Gasteiger partial charge is 0.495 e. The molecule has 4 heteroatoms. The third kappa shape index (κ3) is 2.38. The van der Waals surface area contributed by atoms with Gasteiger partial charge in [0.1, 0.15) is 5.75 Å². The first-order valence-electron chi connectivity index (χ1n) is 5.48. The molecule has 1 aromatic carbocycles. The molecule has 1 heterocycles. The first-order valence-corrected chi connectivity index (χ1v) is 7.50. The lowest BCUT2D eigenvalue weighted by Crippen LogP contribution is -2.28. The van der Waals surface area contributed by atoms with Gasteiger partial charge in [0.25, 0.3) is 0 Å². The molecule has 0 spiro atoms. The van der Waals surface area contributed by atoms with E-state index in [0.29, 0.717) is 0 Å². The molecule has 0 fully saturated rings. The van der Waals surface area contributed by atoms with Crippen LogP contribution in [0, 0.1) is 0 Å². The molecule has 1 aromatic rings. The average molecular weight is 314 g/mol. The van der Waals surface area contributed by atoms with Crippen molar-refractivity contribution in [2.45, 2.75) is 25.8 Å². The monoisotopic (exact) mass is 313 g/mol. The highest BCUT2D eigenvalue weighted by atomic mass is 79.9. The van der Waals surface area contributed by atoms with Gasteiger partial charge in [-0.2, -0.15) is 0 Å². The van der Waals surface area contributed by atoms with Crippen molar-refractivity contribution in [2.24, 2.45) is 4.99 Å². The van der Waals surface area contributed by atoms with Gasteiger partial charge < -0.3 is 4.74 Å². The Morgan fingerprint density at radius 2 is 2.12 bits per heavy atom. The predicted octanol–water partition coefficient (Wildman–Crippen LogP) is 3.90. The number of fused-ring (bicyclic) bond motifs is 1. The molecule has 0 N–H and O–H groups in total. The Kier molecular flexibility index (Phi) is 3.55. The Balaban J connectivity index is 2.65. The van der Waals surface area contributed by atoms with Crippen LogP contribution in [0.2, 0.25) is 0 Å². The van der Waals surface area contributed by atoms with Crippen molar-refractivity contribution in [3.63, 3.8) is 0 Å². The van der Waals surface area contributed by atoms with Gasteiger partial charge in [-0.3, -0.25) is 4.99 Å². The van der Waals surface area contributed by atoms with Crippen molar-refractivity contribution in [1.29, 1.82) is 0 Å². The number of hydrogen-bond acceptors (Lipinski definition) is 3. The molecule has 17 heavy (non-hydrogen) atoms. The maximum atomic E-state index is 5.52. The van der Waals surface area contributed by atoms with Crippen LogP contribution < -0.4 is 4.74 Å². The summed E-state index contributed by atoms with van der Waals surface area (Å²) < 4.78 is 6.53. The van der Waals surface area contributed by atoms with Crippen molar-refractivity contribution in [2.75, 3.05) is 13.4 Å². The van der Waals surface area contributed by atoms with Crippen molar-refractivity contribution in [3.05, 3.63) is 27.7 Å². The molecule has 0 radical (unpaired) electrons. The van der Waals surface area contributed by atoms with Gasteiger partial charge in [-0.15, -0.1) is 11.8 Å². The molecular weight excluding hydrogens is 298 g/mol. The number of rotatable bonds is 1. The lowest BCUT2D eigenvalue weighted by Gasteiger charge is -2.29. The van der Waals surface area contributed by atoms with Crippen LogP contribution in [0.25, 0.3) is 0 Å². The molecule has 2 nitrogen and oxygen atoms in total. The van der Waals surface area contributed by atoms with Crippen LogP contribution in [0.5, 0.6) is 5.75 Å². The van der Waals surface area contributed by atoms with Crippen LogP contribution in [0.4, 0.5) is 0 Å². The number of hydrogen-bond donors (Lipinski definition) is 0. The minimum absolute atomic E-state index is 0.0561. The summed E-state index contributed by atoms with van der Waals surface area (Å²) in [5.74, 6) is 0.942. The molecule has 2 rings (SSSR count). The van der Waals surface area contributed by atoms with Gasteiger partial charge in [-0.1, -0.05) is 6.07 Å². The number of thioether (sulfide) groups is 1. The molecular formula is C13H16BrNOS. The SMILES string of the molecule is COc1c(Br)ccc2c1CC(C)(C)N=C2SC. The molecule has 0 aromatic heterocycles. The fraction of sp³-hybridized carbons (Fsp3) is 0.462. The Morgan fingerprint density at radius 1 is 1.41 bits per heavy atom. The summed E-state index contributed by atoms with van der Waals surface area (Å²) >= 11 is 5.24. The molecule has 0 saturated heterocycles. The molecule has 0 saturated carbocycles. The summed E-state index contributed by atoms with van der Waals surface area (Å²) in [5.41, 5.74) is 2.41. The molecule has 0 aliphatic carbocycles. The minimum atomic E-state index is -0.0561. The highest BCUT2D eigenvalue weighted by Gasteiger charge is 2.29. The molecule has 0 bridgehead atoms. The van der Waals surface area contributed by atoms with Gasteiger partial charge in [-0.05, 0) is 42.1 Å². The number of ether oxygens (including phenoxy) is 1. The van der Waals surface area contributed by atoms with Crippen molar-refractivity contribution in [3.8, 4) is 5.75 Å². The molecule has 1 aliphatic heterocycles. The smallest absolute Gasteiger partial charge is 0.137 e. The molecule has 0 atom stereocenters. The molecule has 92 valence electrons. The summed E-state index contributed by atoms with van der Waals surface area (Å²) in [6.07, 6.45) is 2.98. The fourth-order valence-electron chi connectivity index (χ4n) is 2.16. The highest BCUT2D eigenvalue weighted by molar-refractivity contribution is 9.10. The normalized spacial score (nSPS) is 17.4. The van der Waals surface area contributed by atoms with E-state index >= 15 is 0 Å². The molecule has 1 aliphatic rings. The quantitative estimate of drug-likeness (QED) is 0.784. The van der Waals surface area contributed by atoms with E-state index in [9.17, 15) is 0 Å². The lowest BCUT2D eigenvalue weighted by atomic mass is 9.89. The highest BCUT2D eigenvalue weighted by Crippen LogP contribution is 2.39. The minimum Gasteiger partial charge on any atom is -0.495 e.